The monoisotopic (exact) mass is 393 g/mol. The molecule has 1 aliphatic carbocycles. The minimum absolute atomic E-state index is 0.0769. The molecule has 4 rings (SSSR count). The zero-order chi connectivity index (χ0) is 20.4. The highest BCUT2D eigenvalue weighted by atomic mass is 16.5. The minimum Gasteiger partial charge on any atom is -0.497 e. The topological polar surface area (TPSA) is 61.9 Å². The second-order valence-electron chi connectivity index (χ2n) is 7.82. The van der Waals surface area contributed by atoms with Crippen LogP contribution in [0.3, 0.4) is 0 Å². The van der Waals surface area contributed by atoms with Crippen molar-refractivity contribution in [2.45, 2.75) is 13.3 Å². The minimum atomic E-state index is -0.223. The van der Waals surface area contributed by atoms with Gasteiger partial charge in [-0.2, -0.15) is 0 Å². The van der Waals surface area contributed by atoms with Gasteiger partial charge in [0.05, 0.1) is 18.9 Å². The summed E-state index contributed by atoms with van der Waals surface area (Å²) < 4.78 is 5.12. The summed E-state index contributed by atoms with van der Waals surface area (Å²) in [5, 5.41) is 2.90. The van der Waals surface area contributed by atoms with Crippen LogP contribution < -0.4 is 15.0 Å². The summed E-state index contributed by atoms with van der Waals surface area (Å²) in [7, 11) is 1.61. The molecule has 0 radical (unpaired) electrons. The molecule has 1 N–H and O–H groups in total. The first-order valence-corrected chi connectivity index (χ1v) is 10.1. The van der Waals surface area contributed by atoms with Crippen molar-refractivity contribution >= 4 is 23.2 Å². The molecule has 2 atom stereocenters. The second kappa shape index (κ2) is 8.15. The van der Waals surface area contributed by atoms with E-state index in [0.717, 1.165) is 24.5 Å². The Bertz CT molecular complexity index is 888. The predicted octanol–water partition coefficient (Wildman–Crippen LogP) is 2.93. The number of carbonyl (C=O) groups excluding carboxylic acids is 2. The van der Waals surface area contributed by atoms with E-state index in [1.807, 2.05) is 4.90 Å². The summed E-state index contributed by atoms with van der Waals surface area (Å²) in [6.45, 7) is 5.15. The maximum absolute atomic E-state index is 12.8. The van der Waals surface area contributed by atoms with Crippen molar-refractivity contribution in [1.82, 2.24) is 4.90 Å². The molecule has 1 saturated heterocycles. The molecule has 2 fully saturated rings. The van der Waals surface area contributed by atoms with Gasteiger partial charge in [-0.25, -0.2) is 0 Å². The van der Waals surface area contributed by atoms with Gasteiger partial charge in [-0.05, 0) is 55.3 Å². The second-order valence-corrected chi connectivity index (χ2v) is 7.82. The van der Waals surface area contributed by atoms with Gasteiger partial charge in [-0.15, -0.1) is 0 Å². The normalized spacial score (nSPS) is 20.9. The first kappa shape index (κ1) is 19.3. The van der Waals surface area contributed by atoms with Crippen LogP contribution in [-0.4, -0.2) is 50.0 Å². The Morgan fingerprint density at radius 1 is 1.00 bits per heavy atom. The largest absolute Gasteiger partial charge is 0.497 e. The summed E-state index contributed by atoms with van der Waals surface area (Å²) >= 11 is 0. The van der Waals surface area contributed by atoms with Crippen molar-refractivity contribution in [3.05, 3.63) is 54.1 Å². The number of nitrogens with zero attached hydrogens (tertiary/aromatic N) is 2. The number of hydrogen-bond acceptors (Lipinski definition) is 4. The number of carbonyl (C=O) groups is 2. The molecule has 2 unspecified atom stereocenters. The molecular weight excluding hydrogens is 366 g/mol. The number of aryl methyl sites for hydroxylation is 1. The van der Waals surface area contributed by atoms with E-state index >= 15 is 0 Å². The lowest BCUT2D eigenvalue weighted by Crippen LogP contribution is -2.49. The average molecular weight is 393 g/mol. The molecule has 2 aromatic rings. The molecule has 0 spiro atoms. The molecule has 2 amide bonds. The summed E-state index contributed by atoms with van der Waals surface area (Å²) in [5.74, 6) is 0.376. The van der Waals surface area contributed by atoms with Crippen molar-refractivity contribution in [2.75, 3.05) is 43.5 Å². The predicted molar refractivity (Wildman–Crippen MR) is 113 cm³/mol. The van der Waals surface area contributed by atoms with Crippen LogP contribution in [0.25, 0.3) is 0 Å². The molecule has 1 heterocycles. The van der Waals surface area contributed by atoms with Gasteiger partial charge < -0.3 is 19.9 Å². The van der Waals surface area contributed by atoms with E-state index in [9.17, 15) is 9.59 Å². The van der Waals surface area contributed by atoms with Crippen molar-refractivity contribution < 1.29 is 14.3 Å². The Kier molecular flexibility index (Phi) is 5.43. The molecule has 29 heavy (non-hydrogen) atoms. The third kappa shape index (κ3) is 4.36. The Balaban J connectivity index is 1.27. The lowest BCUT2D eigenvalue weighted by atomic mass is 10.2. The van der Waals surface area contributed by atoms with Gasteiger partial charge in [-0.3, -0.25) is 9.59 Å². The standard InChI is InChI=1S/C23H27N3O3/c1-16-4-3-5-18(14-16)25-10-12-26(13-11-25)23(28)21-15-20(21)22(27)24-17-6-8-19(29-2)9-7-17/h3-9,14,20-21H,10-13,15H2,1-2H3,(H,24,27). The number of methoxy groups -OCH3 is 1. The maximum Gasteiger partial charge on any atom is 0.228 e. The van der Waals surface area contributed by atoms with Crippen molar-refractivity contribution in [3.63, 3.8) is 0 Å². The summed E-state index contributed by atoms with van der Waals surface area (Å²) in [6.07, 6.45) is 0.638. The van der Waals surface area contributed by atoms with E-state index in [0.29, 0.717) is 19.5 Å². The molecule has 2 aliphatic rings. The highest BCUT2D eigenvalue weighted by Gasteiger charge is 2.49. The van der Waals surface area contributed by atoms with Crippen LogP contribution in [-0.2, 0) is 9.59 Å². The molecule has 1 saturated carbocycles. The van der Waals surface area contributed by atoms with E-state index in [1.54, 1.807) is 31.4 Å². The number of anilines is 2. The number of hydrogen-bond donors (Lipinski definition) is 1. The zero-order valence-electron chi connectivity index (χ0n) is 16.9. The number of ether oxygens (including phenoxy) is 1. The van der Waals surface area contributed by atoms with E-state index in [-0.39, 0.29) is 23.7 Å². The highest BCUT2D eigenvalue weighted by molar-refractivity contribution is 5.99. The van der Waals surface area contributed by atoms with E-state index in [4.69, 9.17) is 4.74 Å². The van der Waals surface area contributed by atoms with Crippen molar-refractivity contribution in [3.8, 4) is 5.75 Å². The summed E-state index contributed by atoms with van der Waals surface area (Å²) in [5.41, 5.74) is 3.17. The van der Waals surface area contributed by atoms with Crippen LogP contribution in [0.4, 0.5) is 11.4 Å². The number of piperazine rings is 1. The molecule has 6 heteroatoms. The van der Waals surface area contributed by atoms with Gasteiger partial charge in [0.1, 0.15) is 5.75 Å². The number of nitrogens with one attached hydrogen (secondary N) is 1. The van der Waals surface area contributed by atoms with Crippen molar-refractivity contribution in [2.24, 2.45) is 11.8 Å². The Morgan fingerprint density at radius 3 is 2.38 bits per heavy atom. The Morgan fingerprint density at radius 2 is 1.72 bits per heavy atom. The first-order valence-electron chi connectivity index (χ1n) is 10.1. The fourth-order valence-electron chi connectivity index (χ4n) is 3.91. The van der Waals surface area contributed by atoms with Crippen LogP contribution in [0.15, 0.2) is 48.5 Å². The molecule has 0 bridgehead atoms. The van der Waals surface area contributed by atoms with Crippen LogP contribution >= 0.6 is 0 Å². The quantitative estimate of drug-likeness (QED) is 0.849. The SMILES string of the molecule is COc1ccc(NC(=O)C2CC2C(=O)N2CCN(c3cccc(C)c3)CC2)cc1. The van der Waals surface area contributed by atoms with E-state index in [1.165, 1.54) is 11.3 Å². The van der Waals surface area contributed by atoms with E-state index in [2.05, 4.69) is 41.4 Å². The summed E-state index contributed by atoms with van der Waals surface area (Å²) in [4.78, 5) is 29.5. The number of amides is 2. The third-order valence-corrected chi connectivity index (χ3v) is 5.76. The lowest BCUT2D eigenvalue weighted by Gasteiger charge is -2.36. The highest BCUT2D eigenvalue weighted by Crippen LogP contribution is 2.41. The number of benzene rings is 2. The molecule has 152 valence electrons. The van der Waals surface area contributed by atoms with Gasteiger partial charge >= 0.3 is 0 Å². The van der Waals surface area contributed by atoms with Crippen LogP contribution in [0, 0.1) is 18.8 Å². The van der Waals surface area contributed by atoms with Gasteiger partial charge in [-0.1, -0.05) is 12.1 Å². The van der Waals surface area contributed by atoms with Gasteiger partial charge in [0.25, 0.3) is 0 Å². The van der Waals surface area contributed by atoms with Gasteiger partial charge in [0, 0.05) is 37.6 Å². The molecule has 1 aliphatic heterocycles. The van der Waals surface area contributed by atoms with E-state index < -0.39 is 0 Å². The lowest BCUT2D eigenvalue weighted by molar-refractivity contribution is -0.134. The van der Waals surface area contributed by atoms with Crippen LogP contribution in [0.2, 0.25) is 0 Å². The fraction of sp³-hybridized carbons (Fsp3) is 0.391. The third-order valence-electron chi connectivity index (χ3n) is 5.76. The Hall–Kier alpha value is -3.02. The fourth-order valence-corrected chi connectivity index (χ4v) is 3.91. The zero-order valence-corrected chi connectivity index (χ0v) is 16.9. The molecule has 6 nitrogen and oxygen atoms in total. The van der Waals surface area contributed by atoms with Gasteiger partial charge in [0.15, 0.2) is 0 Å². The molecule has 0 aromatic heterocycles. The average Bonchev–Trinajstić information content (AvgIpc) is 3.55. The summed E-state index contributed by atoms with van der Waals surface area (Å²) in [6, 6.07) is 15.7. The maximum atomic E-state index is 12.8. The van der Waals surface area contributed by atoms with Crippen LogP contribution in [0.1, 0.15) is 12.0 Å². The van der Waals surface area contributed by atoms with Crippen LogP contribution in [0.5, 0.6) is 5.75 Å². The first-order chi connectivity index (χ1) is 14.0. The molecular formula is C23H27N3O3. The smallest absolute Gasteiger partial charge is 0.228 e. The number of rotatable bonds is 5. The molecule has 2 aromatic carbocycles. The Labute approximate surface area is 171 Å². The van der Waals surface area contributed by atoms with Crippen molar-refractivity contribution in [1.29, 1.82) is 0 Å². The van der Waals surface area contributed by atoms with Gasteiger partial charge in [0.2, 0.25) is 11.8 Å².